The van der Waals surface area contributed by atoms with Crippen molar-refractivity contribution in [1.29, 1.82) is 0 Å². The van der Waals surface area contributed by atoms with E-state index in [0.29, 0.717) is 19.4 Å². The smallest absolute Gasteiger partial charge is 0.135 e. The van der Waals surface area contributed by atoms with E-state index in [-0.39, 0.29) is 0 Å². The van der Waals surface area contributed by atoms with E-state index in [2.05, 4.69) is 59.1 Å². The minimum Gasteiger partial charge on any atom is -0.347 e. The Morgan fingerprint density at radius 1 is 1.06 bits per heavy atom. The summed E-state index contributed by atoms with van der Waals surface area (Å²) >= 11 is 0. The summed E-state index contributed by atoms with van der Waals surface area (Å²) in [5, 5.41) is 16.1. The van der Waals surface area contributed by atoms with E-state index in [0.717, 1.165) is 34.9 Å². The molecule has 1 unspecified atom stereocenters. The summed E-state index contributed by atoms with van der Waals surface area (Å²) < 4.78 is 9.63. The highest BCUT2D eigenvalue weighted by atomic mass is 16.5. The lowest BCUT2D eigenvalue weighted by atomic mass is 9.83. The maximum atomic E-state index is 5.90. The lowest BCUT2D eigenvalue weighted by molar-refractivity contribution is 0.131. The van der Waals surface area contributed by atoms with Gasteiger partial charge in [0.2, 0.25) is 0 Å². The zero-order valence-electron chi connectivity index (χ0n) is 19.9. The molecule has 0 saturated carbocycles. The molecule has 7 heteroatoms. The average molecular weight is 457 g/mol. The second-order valence-electron chi connectivity index (χ2n) is 8.88. The fourth-order valence-corrected chi connectivity index (χ4v) is 4.82. The summed E-state index contributed by atoms with van der Waals surface area (Å²) in [5.41, 5.74) is 6.95. The molecular weight excluding hydrogens is 424 g/mol. The first-order valence-electron chi connectivity index (χ1n) is 11.9. The maximum absolute atomic E-state index is 5.90. The SMILES string of the molecule is Cc1c(-c2cnn(C)c2)nn(-c2ccccc2)c1NCOCNCC1CCCc2ccccc21. The van der Waals surface area contributed by atoms with Gasteiger partial charge in [-0.1, -0.05) is 42.5 Å². The van der Waals surface area contributed by atoms with Crippen LogP contribution in [0.2, 0.25) is 0 Å². The standard InChI is InChI=1S/C27H32N6O/c1-20-26(23-16-30-32(2)17-23)31-33(24-12-4-3-5-13-24)27(20)29-19-34-18-28-15-22-11-8-10-21-9-6-7-14-25(21)22/h3-7,9,12-14,16-17,22,28-29H,8,10-11,15,18-19H2,1-2H3. The van der Waals surface area contributed by atoms with Gasteiger partial charge in [0.1, 0.15) is 18.2 Å². The molecule has 2 aromatic carbocycles. The van der Waals surface area contributed by atoms with Gasteiger partial charge in [-0.2, -0.15) is 10.2 Å². The second kappa shape index (κ2) is 10.2. The molecule has 0 fully saturated rings. The van der Waals surface area contributed by atoms with Gasteiger partial charge in [-0.25, -0.2) is 4.68 Å². The Morgan fingerprint density at radius 3 is 2.71 bits per heavy atom. The molecule has 2 N–H and O–H groups in total. The molecule has 0 saturated heterocycles. The minimum atomic E-state index is 0.389. The fourth-order valence-electron chi connectivity index (χ4n) is 4.82. The highest BCUT2D eigenvalue weighted by Crippen LogP contribution is 2.31. The van der Waals surface area contributed by atoms with Crippen molar-refractivity contribution in [2.45, 2.75) is 32.1 Å². The third-order valence-electron chi connectivity index (χ3n) is 6.53. The average Bonchev–Trinajstić information content (AvgIpc) is 3.44. The van der Waals surface area contributed by atoms with Crippen molar-refractivity contribution in [3.63, 3.8) is 0 Å². The van der Waals surface area contributed by atoms with Gasteiger partial charge in [-0.3, -0.25) is 10.00 Å². The predicted octanol–water partition coefficient (Wildman–Crippen LogP) is 4.63. The Balaban J connectivity index is 1.21. The Morgan fingerprint density at radius 2 is 1.88 bits per heavy atom. The number of benzene rings is 2. The molecule has 176 valence electrons. The van der Waals surface area contributed by atoms with Crippen LogP contribution in [-0.4, -0.2) is 39.6 Å². The normalized spacial score (nSPS) is 15.3. The number of anilines is 1. The number of nitrogens with zero attached hydrogens (tertiary/aromatic N) is 4. The van der Waals surface area contributed by atoms with Crippen molar-refractivity contribution in [3.8, 4) is 16.9 Å². The van der Waals surface area contributed by atoms with E-state index in [1.165, 1.54) is 30.4 Å². The van der Waals surface area contributed by atoms with Crippen LogP contribution < -0.4 is 10.6 Å². The van der Waals surface area contributed by atoms with Gasteiger partial charge < -0.3 is 10.1 Å². The molecule has 0 bridgehead atoms. The summed E-state index contributed by atoms with van der Waals surface area (Å²) in [5.74, 6) is 1.48. The molecule has 0 amide bonds. The van der Waals surface area contributed by atoms with E-state index in [1.807, 2.05) is 42.3 Å². The van der Waals surface area contributed by atoms with Crippen LogP contribution in [0.1, 0.15) is 35.4 Å². The van der Waals surface area contributed by atoms with E-state index in [4.69, 9.17) is 9.84 Å². The van der Waals surface area contributed by atoms with Crippen LogP contribution in [0.15, 0.2) is 67.0 Å². The lowest BCUT2D eigenvalue weighted by Crippen LogP contribution is -2.27. The predicted molar refractivity (Wildman–Crippen MR) is 135 cm³/mol. The van der Waals surface area contributed by atoms with Crippen molar-refractivity contribution < 1.29 is 4.74 Å². The number of hydrogen-bond acceptors (Lipinski definition) is 5. The molecular formula is C27H32N6O. The van der Waals surface area contributed by atoms with Gasteiger partial charge in [0.05, 0.1) is 18.6 Å². The van der Waals surface area contributed by atoms with Crippen LogP contribution in [0.3, 0.4) is 0 Å². The molecule has 34 heavy (non-hydrogen) atoms. The largest absolute Gasteiger partial charge is 0.347 e. The molecule has 1 aliphatic carbocycles. The third-order valence-corrected chi connectivity index (χ3v) is 6.53. The molecule has 2 heterocycles. The number of fused-ring (bicyclic) bond motifs is 1. The molecule has 0 radical (unpaired) electrons. The van der Waals surface area contributed by atoms with Crippen LogP contribution in [0, 0.1) is 6.92 Å². The summed E-state index contributed by atoms with van der Waals surface area (Å²) in [7, 11) is 1.92. The molecule has 1 atom stereocenters. The van der Waals surface area contributed by atoms with Gasteiger partial charge in [-0.05, 0) is 55.4 Å². The second-order valence-corrected chi connectivity index (χ2v) is 8.88. The third kappa shape index (κ3) is 4.76. The molecule has 5 rings (SSSR count). The molecule has 0 spiro atoms. The topological polar surface area (TPSA) is 68.9 Å². The molecule has 1 aliphatic rings. The van der Waals surface area contributed by atoms with Crippen LogP contribution in [0.5, 0.6) is 0 Å². The summed E-state index contributed by atoms with van der Waals surface area (Å²) in [6, 6.07) is 19.0. The number of ether oxygens (including phenoxy) is 1. The van der Waals surface area contributed by atoms with E-state index < -0.39 is 0 Å². The van der Waals surface area contributed by atoms with Gasteiger partial charge in [0, 0.05) is 30.9 Å². The monoisotopic (exact) mass is 456 g/mol. The first kappa shape index (κ1) is 22.4. The quantitative estimate of drug-likeness (QED) is 0.284. The number of aromatic nitrogens is 4. The zero-order chi connectivity index (χ0) is 23.3. The zero-order valence-corrected chi connectivity index (χ0v) is 19.9. The van der Waals surface area contributed by atoms with Crippen LogP contribution in [-0.2, 0) is 18.2 Å². The molecule has 4 aromatic rings. The van der Waals surface area contributed by atoms with Crippen LogP contribution in [0.25, 0.3) is 16.9 Å². The maximum Gasteiger partial charge on any atom is 0.135 e. The Bertz CT molecular complexity index is 1230. The number of rotatable bonds is 9. The van der Waals surface area contributed by atoms with Gasteiger partial charge in [-0.15, -0.1) is 0 Å². The molecule has 0 aliphatic heterocycles. The fraction of sp³-hybridized carbons (Fsp3) is 0.333. The van der Waals surface area contributed by atoms with E-state index in [9.17, 15) is 0 Å². The van der Waals surface area contributed by atoms with Crippen LogP contribution >= 0.6 is 0 Å². The van der Waals surface area contributed by atoms with Crippen molar-refractivity contribution in [2.24, 2.45) is 7.05 Å². The van der Waals surface area contributed by atoms with Crippen LogP contribution in [0.4, 0.5) is 5.82 Å². The molecule has 7 nitrogen and oxygen atoms in total. The van der Waals surface area contributed by atoms with Gasteiger partial charge in [0.15, 0.2) is 0 Å². The number of nitrogens with one attached hydrogen (secondary N) is 2. The Kier molecular flexibility index (Phi) is 6.74. The lowest BCUT2D eigenvalue weighted by Gasteiger charge is -2.25. The summed E-state index contributed by atoms with van der Waals surface area (Å²) in [4.78, 5) is 0. The highest BCUT2D eigenvalue weighted by Gasteiger charge is 2.20. The van der Waals surface area contributed by atoms with Gasteiger partial charge >= 0.3 is 0 Å². The summed E-state index contributed by atoms with van der Waals surface area (Å²) in [6.45, 7) is 3.90. The number of aryl methyl sites for hydroxylation is 2. The first-order valence-corrected chi connectivity index (χ1v) is 11.9. The van der Waals surface area contributed by atoms with Crippen molar-refractivity contribution in [2.75, 3.05) is 25.3 Å². The van der Waals surface area contributed by atoms with Crippen molar-refractivity contribution in [3.05, 3.63) is 83.7 Å². The summed E-state index contributed by atoms with van der Waals surface area (Å²) in [6.07, 6.45) is 7.52. The van der Waals surface area contributed by atoms with Gasteiger partial charge in [0.25, 0.3) is 0 Å². The molecule has 2 aromatic heterocycles. The van der Waals surface area contributed by atoms with E-state index >= 15 is 0 Å². The first-order chi connectivity index (χ1) is 16.7. The highest BCUT2D eigenvalue weighted by molar-refractivity contribution is 5.69. The Labute approximate surface area is 200 Å². The number of hydrogen-bond donors (Lipinski definition) is 2. The minimum absolute atomic E-state index is 0.389. The van der Waals surface area contributed by atoms with Crippen molar-refractivity contribution in [1.82, 2.24) is 24.9 Å². The Hall–Kier alpha value is -3.42. The van der Waals surface area contributed by atoms with E-state index in [1.54, 1.807) is 4.68 Å². The number of para-hydroxylation sites is 1. The van der Waals surface area contributed by atoms with Crippen molar-refractivity contribution >= 4 is 5.82 Å².